The Balaban J connectivity index is 1.73. The molecule has 0 radical (unpaired) electrons. The molecule has 0 bridgehead atoms. The summed E-state index contributed by atoms with van der Waals surface area (Å²) in [6.07, 6.45) is 5.00. The Morgan fingerprint density at radius 3 is 2.50 bits per heavy atom. The molecule has 1 fully saturated rings. The summed E-state index contributed by atoms with van der Waals surface area (Å²) in [7, 11) is 1.40. The van der Waals surface area contributed by atoms with Crippen LogP contribution in [0.5, 0.6) is 11.5 Å². The molecule has 3 rings (SSSR count). The predicted octanol–water partition coefficient (Wildman–Crippen LogP) is 4.60. The summed E-state index contributed by atoms with van der Waals surface area (Å²) in [6, 6.07) is 11.0. The first-order valence-electron chi connectivity index (χ1n) is 12.4. The zero-order valence-electron chi connectivity index (χ0n) is 21.7. The van der Waals surface area contributed by atoms with Gasteiger partial charge in [-0.3, -0.25) is 9.59 Å². The Hall–Kier alpha value is -3.42. The quantitative estimate of drug-likeness (QED) is 0.559. The van der Waals surface area contributed by atoms with E-state index in [0.29, 0.717) is 6.42 Å². The number of esters is 2. The van der Waals surface area contributed by atoms with Gasteiger partial charge in [-0.2, -0.15) is 0 Å². The minimum Gasteiger partial charge on any atom is -0.493 e. The molecule has 2 heterocycles. The second kappa shape index (κ2) is 12.0. The molecule has 0 spiro atoms. The summed E-state index contributed by atoms with van der Waals surface area (Å²) < 4.78 is 16.3. The lowest BCUT2D eigenvalue weighted by Gasteiger charge is -2.33. The van der Waals surface area contributed by atoms with Crippen LogP contribution in [0.3, 0.4) is 0 Å². The predicted molar refractivity (Wildman–Crippen MR) is 135 cm³/mol. The number of carbonyl (C=O) groups is 3. The first-order chi connectivity index (χ1) is 17.1. The monoisotopic (exact) mass is 496 g/mol. The first kappa shape index (κ1) is 27.2. The third-order valence-corrected chi connectivity index (χ3v) is 6.75. The van der Waals surface area contributed by atoms with Crippen molar-refractivity contribution in [2.24, 2.45) is 5.92 Å². The van der Waals surface area contributed by atoms with Crippen LogP contribution >= 0.6 is 0 Å². The molecule has 194 valence electrons. The molecule has 0 unspecified atom stereocenters. The van der Waals surface area contributed by atoms with E-state index in [1.807, 2.05) is 25.1 Å². The van der Waals surface area contributed by atoms with E-state index in [9.17, 15) is 14.4 Å². The first-order valence-corrected chi connectivity index (χ1v) is 12.4. The van der Waals surface area contributed by atoms with Gasteiger partial charge in [0, 0.05) is 19.2 Å². The molecule has 8 heteroatoms. The fraction of sp³-hybridized carbons (Fsp3) is 0.500. The number of hydrogen-bond acceptors (Lipinski definition) is 7. The molecule has 1 aliphatic rings. The largest absolute Gasteiger partial charge is 0.493 e. The number of pyridine rings is 1. The number of cyclic esters (lactones) is 1. The fourth-order valence-corrected chi connectivity index (χ4v) is 4.75. The minimum absolute atomic E-state index is 0.0700. The average molecular weight is 497 g/mol. The second-order valence-corrected chi connectivity index (χ2v) is 9.95. The van der Waals surface area contributed by atoms with Gasteiger partial charge in [0.15, 0.2) is 11.4 Å². The number of hydrogen-bond donors (Lipinski definition) is 1. The second-order valence-electron chi connectivity index (χ2n) is 9.95. The van der Waals surface area contributed by atoms with Crippen molar-refractivity contribution < 1.29 is 28.6 Å². The number of ether oxygens (including phenoxy) is 3. The van der Waals surface area contributed by atoms with Crippen LogP contribution in [0.15, 0.2) is 42.6 Å². The maximum Gasteiger partial charge on any atom is 0.328 e. The molecule has 1 amide bonds. The van der Waals surface area contributed by atoms with Gasteiger partial charge in [0.25, 0.3) is 5.91 Å². The molecule has 0 saturated carbocycles. The van der Waals surface area contributed by atoms with Gasteiger partial charge in [0.1, 0.15) is 12.1 Å². The van der Waals surface area contributed by atoms with Gasteiger partial charge in [-0.15, -0.1) is 0 Å². The van der Waals surface area contributed by atoms with Gasteiger partial charge in [-0.25, -0.2) is 9.78 Å². The number of nitrogens with zero attached hydrogens (tertiary/aromatic N) is 1. The third-order valence-electron chi connectivity index (χ3n) is 6.75. The van der Waals surface area contributed by atoms with Gasteiger partial charge < -0.3 is 19.5 Å². The van der Waals surface area contributed by atoms with E-state index in [1.54, 1.807) is 0 Å². The number of amides is 1. The molecular weight excluding hydrogens is 460 g/mol. The summed E-state index contributed by atoms with van der Waals surface area (Å²) in [5.41, 5.74) is 1.05. The van der Waals surface area contributed by atoms with E-state index in [-0.39, 0.29) is 34.6 Å². The number of methoxy groups -OCH3 is 1. The molecule has 36 heavy (non-hydrogen) atoms. The van der Waals surface area contributed by atoms with Crippen LogP contribution in [0.2, 0.25) is 0 Å². The highest BCUT2D eigenvalue weighted by molar-refractivity contribution is 5.98. The van der Waals surface area contributed by atoms with E-state index in [2.05, 4.69) is 36.3 Å². The summed E-state index contributed by atoms with van der Waals surface area (Å²) in [5, 5.41) is 2.73. The molecule has 8 nitrogen and oxygen atoms in total. The highest BCUT2D eigenvalue weighted by Gasteiger charge is 2.34. The van der Waals surface area contributed by atoms with Crippen molar-refractivity contribution in [2.45, 2.75) is 77.4 Å². The topological polar surface area (TPSA) is 104 Å². The molecule has 1 aromatic heterocycles. The van der Waals surface area contributed by atoms with E-state index < -0.39 is 23.9 Å². The molecule has 1 N–H and O–H groups in total. The highest BCUT2D eigenvalue weighted by atomic mass is 16.6. The Labute approximate surface area is 212 Å². The Morgan fingerprint density at radius 1 is 1.14 bits per heavy atom. The molecule has 2 aromatic rings. The standard InChI is InChI=1S/C28H36N2O6/c1-18-20(17-28(3,4)21-12-7-6-8-13-21)11-9-10-14-22(27(33)35-18)30-26(32)24-25(36-19(2)31)23(34-5)15-16-29-24/h6-8,12-13,15-16,18,20,22H,9-11,14,17H2,1-5H3,(H,30,32)/t18-,20-,22-/m0/s1. The molecular formula is C28H36N2O6. The number of rotatable bonds is 7. The lowest BCUT2D eigenvalue weighted by Crippen LogP contribution is -2.43. The zero-order valence-corrected chi connectivity index (χ0v) is 21.7. The van der Waals surface area contributed by atoms with Gasteiger partial charge >= 0.3 is 11.9 Å². The van der Waals surface area contributed by atoms with Crippen molar-refractivity contribution in [3.63, 3.8) is 0 Å². The van der Waals surface area contributed by atoms with Crippen molar-refractivity contribution in [3.8, 4) is 11.5 Å². The Bertz CT molecular complexity index is 1070. The molecule has 3 atom stereocenters. The Kier molecular flexibility index (Phi) is 9.07. The molecule has 0 aliphatic carbocycles. The number of benzene rings is 1. The number of carbonyl (C=O) groups excluding carboxylic acids is 3. The van der Waals surface area contributed by atoms with Gasteiger partial charge in [0.2, 0.25) is 5.75 Å². The molecule has 1 saturated heterocycles. The van der Waals surface area contributed by atoms with Crippen molar-refractivity contribution >= 4 is 17.8 Å². The van der Waals surface area contributed by atoms with Crippen LogP contribution in [-0.4, -0.2) is 42.1 Å². The van der Waals surface area contributed by atoms with Gasteiger partial charge in [-0.1, -0.05) is 57.0 Å². The van der Waals surface area contributed by atoms with Crippen molar-refractivity contribution in [2.75, 3.05) is 7.11 Å². The molecule has 1 aromatic carbocycles. The maximum absolute atomic E-state index is 13.1. The van der Waals surface area contributed by atoms with Crippen molar-refractivity contribution in [3.05, 3.63) is 53.9 Å². The van der Waals surface area contributed by atoms with Crippen molar-refractivity contribution in [1.29, 1.82) is 0 Å². The fourth-order valence-electron chi connectivity index (χ4n) is 4.75. The van der Waals surface area contributed by atoms with Gasteiger partial charge in [-0.05, 0) is 43.1 Å². The van der Waals surface area contributed by atoms with E-state index in [0.717, 1.165) is 25.7 Å². The van der Waals surface area contributed by atoms with Gasteiger partial charge in [0.05, 0.1) is 7.11 Å². The maximum atomic E-state index is 13.1. The zero-order chi connectivity index (χ0) is 26.3. The minimum atomic E-state index is -0.834. The summed E-state index contributed by atoms with van der Waals surface area (Å²) in [4.78, 5) is 41.8. The summed E-state index contributed by atoms with van der Waals surface area (Å²) in [6.45, 7) is 7.58. The van der Waals surface area contributed by atoms with Crippen molar-refractivity contribution in [1.82, 2.24) is 10.3 Å². The van der Waals surface area contributed by atoms with Crippen LogP contribution in [0.25, 0.3) is 0 Å². The van der Waals surface area contributed by atoms with E-state index in [4.69, 9.17) is 14.2 Å². The Morgan fingerprint density at radius 2 is 1.83 bits per heavy atom. The SMILES string of the molecule is COc1ccnc(C(=O)N[C@H]2CCCC[C@@H](CC(C)(C)c3ccccc3)[C@H](C)OC2=O)c1OC(C)=O. The number of nitrogens with one attached hydrogen (secondary N) is 1. The van der Waals surface area contributed by atoms with Crippen LogP contribution in [0, 0.1) is 5.92 Å². The van der Waals surface area contributed by atoms with Crippen LogP contribution in [0.1, 0.15) is 75.9 Å². The normalized spacial score (nSPS) is 20.8. The van der Waals surface area contributed by atoms with E-state index in [1.165, 1.54) is 31.9 Å². The number of aromatic nitrogens is 1. The lowest BCUT2D eigenvalue weighted by atomic mass is 9.74. The third kappa shape index (κ3) is 6.83. The average Bonchev–Trinajstić information content (AvgIpc) is 2.90. The summed E-state index contributed by atoms with van der Waals surface area (Å²) in [5.74, 6) is -1.43. The smallest absolute Gasteiger partial charge is 0.328 e. The summed E-state index contributed by atoms with van der Waals surface area (Å²) >= 11 is 0. The molecule has 1 aliphatic heterocycles. The van der Waals surface area contributed by atoms with Crippen LogP contribution < -0.4 is 14.8 Å². The van der Waals surface area contributed by atoms with E-state index >= 15 is 0 Å². The lowest BCUT2D eigenvalue weighted by molar-refractivity contribution is -0.153. The highest BCUT2D eigenvalue weighted by Crippen LogP contribution is 2.35. The van der Waals surface area contributed by atoms with Crippen LogP contribution in [-0.2, 0) is 19.7 Å². The van der Waals surface area contributed by atoms with Crippen LogP contribution in [0.4, 0.5) is 0 Å².